The predicted molar refractivity (Wildman–Crippen MR) is 84.9 cm³/mol. The third-order valence-electron chi connectivity index (χ3n) is 4.99. The summed E-state index contributed by atoms with van der Waals surface area (Å²) in [4.78, 5) is 11.9. The average Bonchev–Trinajstić information content (AvgIpc) is 2.53. The number of sulfonamides is 1. The van der Waals surface area contributed by atoms with E-state index >= 15 is 0 Å². The van der Waals surface area contributed by atoms with Gasteiger partial charge >= 0.3 is 5.97 Å². The second kappa shape index (κ2) is 7.27. The molecule has 128 valence electrons. The summed E-state index contributed by atoms with van der Waals surface area (Å²) in [6.45, 7) is 4.34. The van der Waals surface area contributed by atoms with Crippen molar-refractivity contribution in [2.45, 2.75) is 50.7 Å². The number of piperidine rings is 1. The van der Waals surface area contributed by atoms with Crippen molar-refractivity contribution in [1.29, 1.82) is 0 Å². The Hall–Kier alpha value is -0.660. The van der Waals surface area contributed by atoms with Gasteiger partial charge in [0.25, 0.3) is 0 Å². The smallest absolute Gasteiger partial charge is 0.310 e. The van der Waals surface area contributed by atoms with Gasteiger partial charge in [-0.2, -0.15) is 0 Å². The first kappa shape index (κ1) is 17.7. The Labute approximate surface area is 133 Å². The molecule has 0 aromatic rings. The lowest BCUT2D eigenvalue weighted by atomic mass is 9.83. The van der Waals surface area contributed by atoms with Crippen LogP contribution in [0.15, 0.2) is 0 Å². The molecular formula is C15H28N2O4S. The van der Waals surface area contributed by atoms with Crippen molar-refractivity contribution in [2.24, 2.45) is 11.3 Å². The number of methoxy groups -OCH3 is 1. The van der Waals surface area contributed by atoms with Crippen LogP contribution in [0.2, 0.25) is 0 Å². The van der Waals surface area contributed by atoms with E-state index in [-0.39, 0.29) is 5.41 Å². The van der Waals surface area contributed by atoms with E-state index in [1.165, 1.54) is 7.11 Å². The molecule has 0 aromatic carbocycles. The number of carbonyl (C=O) groups excluding carboxylic acids is 1. The van der Waals surface area contributed by atoms with Crippen LogP contribution in [0.4, 0.5) is 0 Å². The number of nitrogens with one attached hydrogen (secondary N) is 2. The van der Waals surface area contributed by atoms with Gasteiger partial charge in [-0.3, -0.25) is 4.79 Å². The number of rotatable bonds is 5. The molecule has 22 heavy (non-hydrogen) atoms. The normalized spacial score (nSPS) is 33.4. The molecule has 0 radical (unpaired) electrons. The first-order valence-corrected chi connectivity index (χ1v) is 9.70. The number of ether oxygens (including phenoxy) is 1. The highest BCUT2D eigenvalue weighted by Gasteiger charge is 2.41. The Bertz CT molecular complexity index is 486. The summed E-state index contributed by atoms with van der Waals surface area (Å²) in [6, 6.07) is 0. The molecule has 2 rings (SSSR count). The molecule has 7 heteroatoms. The van der Waals surface area contributed by atoms with E-state index in [0.29, 0.717) is 19.4 Å². The molecule has 2 aliphatic rings. The molecule has 1 aliphatic heterocycles. The van der Waals surface area contributed by atoms with Gasteiger partial charge in [0.1, 0.15) is 0 Å². The van der Waals surface area contributed by atoms with Crippen molar-refractivity contribution < 1.29 is 17.9 Å². The SMILES string of the molecule is COC(=O)C1CCCCC1S(=O)(=O)NCC1(C)CCCNC1. The van der Waals surface area contributed by atoms with Crippen molar-refractivity contribution >= 4 is 16.0 Å². The number of hydrogen-bond acceptors (Lipinski definition) is 5. The van der Waals surface area contributed by atoms with Crippen molar-refractivity contribution in [3.8, 4) is 0 Å². The molecule has 1 saturated heterocycles. The molecule has 2 N–H and O–H groups in total. The molecule has 1 heterocycles. The summed E-state index contributed by atoms with van der Waals surface area (Å²) < 4.78 is 32.9. The van der Waals surface area contributed by atoms with Crippen LogP contribution in [0, 0.1) is 11.3 Å². The summed E-state index contributed by atoms with van der Waals surface area (Å²) in [5.41, 5.74) is -0.0548. The summed E-state index contributed by atoms with van der Waals surface area (Å²) in [5, 5.41) is 2.66. The second-order valence-electron chi connectivity index (χ2n) is 6.91. The summed E-state index contributed by atoms with van der Waals surface area (Å²) >= 11 is 0. The van der Waals surface area contributed by atoms with Crippen LogP contribution in [0.3, 0.4) is 0 Å². The largest absolute Gasteiger partial charge is 0.469 e. The summed E-state index contributed by atoms with van der Waals surface area (Å²) in [6.07, 6.45) is 4.92. The molecule has 1 saturated carbocycles. The lowest BCUT2D eigenvalue weighted by molar-refractivity contribution is -0.146. The number of carbonyl (C=O) groups is 1. The minimum absolute atomic E-state index is 0.0548. The van der Waals surface area contributed by atoms with Crippen LogP contribution in [-0.4, -0.2) is 46.4 Å². The van der Waals surface area contributed by atoms with E-state index in [2.05, 4.69) is 17.0 Å². The van der Waals surface area contributed by atoms with Gasteiger partial charge in [-0.15, -0.1) is 0 Å². The highest BCUT2D eigenvalue weighted by atomic mass is 32.2. The fraction of sp³-hybridized carbons (Fsp3) is 0.933. The molecule has 3 unspecified atom stereocenters. The number of hydrogen-bond donors (Lipinski definition) is 2. The molecule has 1 aliphatic carbocycles. The van der Waals surface area contributed by atoms with Crippen LogP contribution in [0.25, 0.3) is 0 Å². The first-order valence-electron chi connectivity index (χ1n) is 8.15. The van der Waals surface area contributed by atoms with Crippen molar-refractivity contribution in [2.75, 3.05) is 26.7 Å². The quantitative estimate of drug-likeness (QED) is 0.735. The molecule has 6 nitrogen and oxygen atoms in total. The van der Waals surface area contributed by atoms with Crippen LogP contribution in [0.5, 0.6) is 0 Å². The van der Waals surface area contributed by atoms with Gasteiger partial charge in [0.05, 0.1) is 18.3 Å². The minimum atomic E-state index is -3.50. The zero-order chi connectivity index (χ0) is 16.2. The van der Waals surface area contributed by atoms with E-state index in [9.17, 15) is 13.2 Å². The van der Waals surface area contributed by atoms with E-state index < -0.39 is 27.2 Å². The Morgan fingerprint density at radius 2 is 2.05 bits per heavy atom. The Morgan fingerprint density at radius 3 is 2.68 bits per heavy atom. The molecule has 0 bridgehead atoms. The highest BCUT2D eigenvalue weighted by molar-refractivity contribution is 7.90. The van der Waals surface area contributed by atoms with Crippen molar-refractivity contribution in [3.63, 3.8) is 0 Å². The van der Waals surface area contributed by atoms with Gasteiger partial charge in [0.2, 0.25) is 10.0 Å². The minimum Gasteiger partial charge on any atom is -0.469 e. The van der Waals surface area contributed by atoms with Gasteiger partial charge < -0.3 is 10.1 Å². The fourth-order valence-corrected chi connectivity index (χ4v) is 5.46. The molecule has 0 amide bonds. The zero-order valence-corrected chi connectivity index (χ0v) is 14.4. The molecular weight excluding hydrogens is 304 g/mol. The maximum absolute atomic E-state index is 12.7. The molecule has 2 fully saturated rings. The van der Waals surface area contributed by atoms with Crippen LogP contribution in [-0.2, 0) is 19.6 Å². The predicted octanol–water partition coefficient (Wildman–Crippen LogP) is 1.03. The monoisotopic (exact) mass is 332 g/mol. The third kappa shape index (κ3) is 4.20. The Morgan fingerprint density at radius 1 is 1.32 bits per heavy atom. The Kier molecular flexibility index (Phi) is 5.85. The third-order valence-corrected chi connectivity index (χ3v) is 6.90. The van der Waals surface area contributed by atoms with Crippen LogP contribution < -0.4 is 10.0 Å². The van der Waals surface area contributed by atoms with Gasteiger partial charge in [-0.25, -0.2) is 13.1 Å². The van der Waals surface area contributed by atoms with Crippen LogP contribution in [0.1, 0.15) is 45.4 Å². The van der Waals surface area contributed by atoms with Gasteiger partial charge in [-0.1, -0.05) is 19.8 Å². The first-order chi connectivity index (χ1) is 10.4. The van der Waals surface area contributed by atoms with Crippen molar-refractivity contribution in [3.05, 3.63) is 0 Å². The Balaban J connectivity index is 2.02. The lowest BCUT2D eigenvalue weighted by Gasteiger charge is -2.35. The summed E-state index contributed by atoms with van der Waals surface area (Å²) in [5.74, 6) is -0.936. The van der Waals surface area contributed by atoms with E-state index in [0.717, 1.165) is 38.8 Å². The van der Waals surface area contributed by atoms with Gasteiger partial charge in [0.15, 0.2) is 0 Å². The van der Waals surface area contributed by atoms with Gasteiger partial charge in [0, 0.05) is 13.1 Å². The zero-order valence-electron chi connectivity index (χ0n) is 13.6. The standard InChI is InChI=1S/C15H28N2O4S/c1-15(8-5-9-16-10-15)11-17-22(19,20)13-7-4-3-6-12(13)14(18)21-2/h12-13,16-17H,3-11H2,1-2H3. The van der Waals surface area contributed by atoms with E-state index in [4.69, 9.17) is 4.74 Å². The maximum Gasteiger partial charge on any atom is 0.310 e. The topological polar surface area (TPSA) is 84.5 Å². The number of esters is 1. The van der Waals surface area contributed by atoms with Crippen molar-refractivity contribution in [1.82, 2.24) is 10.0 Å². The molecule has 0 aromatic heterocycles. The van der Waals surface area contributed by atoms with E-state index in [1.54, 1.807) is 0 Å². The fourth-order valence-electron chi connectivity index (χ4n) is 3.54. The highest BCUT2D eigenvalue weighted by Crippen LogP contribution is 2.31. The van der Waals surface area contributed by atoms with Gasteiger partial charge in [-0.05, 0) is 37.6 Å². The maximum atomic E-state index is 12.7. The lowest BCUT2D eigenvalue weighted by Crippen LogP contribution is -2.49. The second-order valence-corrected chi connectivity index (χ2v) is 8.89. The van der Waals surface area contributed by atoms with Crippen LogP contribution >= 0.6 is 0 Å². The average molecular weight is 332 g/mol. The van der Waals surface area contributed by atoms with E-state index in [1.807, 2.05) is 0 Å². The molecule has 3 atom stereocenters. The molecule has 0 spiro atoms. The summed E-state index contributed by atoms with van der Waals surface area (Å²) in [7, 11) is -2.18.